The van der Waals surface area contributed by atoms with Gasteiger partial charge in [0.2, 0.25) is 0 Å². The van der Waals surface area contributed by atoms with Gasteiger partial charge in [0.25, 0.3) is 5.82 Å². The second-order valence-electron chi connectivity index (χ2n) is 4.73. The molecule has 1 N–H and O–H groups in total. The molecule has 0 bridgehead atoms. The molecular formula is C12H17N2+. The summed E-state index contributed by atoms with van der Waals surface area (Å²) in [5, 5.41) is 0. The van der Waals surface area contributed by atoms with Gasteiger partial charge >= 0.3 is 0 Å². The second kappa shape index (κ2) is 2.84. The Hall–Kier alpha value is -1.31. The molecule has 0 aliphatic carbocycles. The standard InChI is InChI=1S/C12H16N2/c1-9-13-10-7-5-6-8-11(10)14(9)12(2,3)4/h5-8H,1-4H3/p+1. The van der Waals surface area contributed by atoms with E-state index in [9.17, 15) is 0 Å². The van der Waals surface area contributed by atoms with Gasteiger partial charge in [-0.25, -0.2) is 9.55 Å². The van der Waals surface area contributed by atoms with Crippen molar-refractivity contribution in [2.24, 2.45) is 0 Å². The first-order valence-electron chi connectivity index (χ1n) is 5.00. The average molecular weight is 189 g/mol. The summed E-state index contributed by atoms with van der Waals surface area (Å²) in [6.45, 7) is 8.78. The summed E-state index contributed by atoms with van der Waals surface area (Å²) >= 11 is 0. The fourth-order valence-electron chi connectivity index (χ4n) is 2.07. The number of H-pyrrole nitrogens is 1. The molecule has 14 heavy (non-hydrogen) atoms. The minimum atomic E-state index is 0.129. The predicted octanol–water partition coefficient (Wildman–Crippen LogP) is 2.52. The van der Waals surface area contributed by atoms with Crippen molar-refractivity contribution < 1.29 is 4.57 Å². The maximum absolute atomic E-state index is 3.40. The summed E-state index contributed by atoms with van der Waals surface area (Å²) < 4.78 is 2.34. The number of para-hydroxylation sites is 2. The van der Waals surface area contributed by atoms with Crippen LogP contribution in [0.25, 0.3) is 11.0 Å². The molecule has 2 aromatic rings. The minimum absolute atomic E-state index is 0.129. The summed E-state index contributed by atoms with van der Waals surface area (Å²) in [5.41, 5.74) is 2.61. The highest BCUT2D eigenvalue weighted by Gasteiger charge is 2.25. The van der Waals surface area contributed by atoms with E-state index in [2.05, 4.69) is 61.5 Å². The van der Waals surface area contributed by atoms with Crippen LogP contribution in [0.4, 0.5) is 0 Å². The van der Waals surface area contributed by atoms with Gasteiger partial charge in [0.15, 0.2) is 11.0 Å². The second-order valence-corrected chi connectivity index (χ2v) is 4.73. The van der Waals surface area contributed by atoms with E-state index in [4.69, 9.17) is 0 Å². The third kappa shape index (κ3) is 1.31. The Bertz CT molecular complexity index is 461. The molecule has 0 aliphatic rings. The third-order valence-corrected chi connectivity index (χ3v) is 2.47. The molecule has 2 rings (SSSR count). The Morgan fingerprint density at radius 2 is 1.79 bits per heavy atom. The zero-order chi connectivity index (χ0) is 10.3. The zero-order valence-electron chi connectivity index (χ0n) is 9.26. The Labute approximate surface area is 84.6 Å². The Morgan fingerprint density at radius 1 is 1.14 bits per heavy atom. The summed E-state index contributed by atoms with van der Waals surface area (Å²) in [5.74, 6) is 1.21. The van der Waals surface area contributed by atoms with Crippen molar-refractivity contribution in [3.8, 4) is 0 Å². The smallest absolute Gasteiger partial charge is 0.241 e. The van der Waals surface area contributed by atoms with E-state index in [-0.39, 0.29) is 5.54 Å². The normalized spacial score (nSPS) is 12.3. The Kier molecular flexibility index (Phi) is 1.88. The summed E-state index contributed by atoms with van der Waals surface area (Å²) in [6.07, 6.45) is 0. The van der Waals surface area contributed by atoms with Crippen LogP contribution in [0.15, 0.2) is 24.3 Å². The molecule has 0 saturated heterocycles. The highest BCUT2D eigenvalue weighted by molar-refractivity contribution is 5.71. The van der Waals surface area contributed by atoms with Gasteiger partial charge in [-0.2, -0.15) is 0 Å². The molecule has 1 aromatic carbocycles. The summed E-state index contributed by atoms with van der Waals surface area (Å²) in [6, 6.07) is 8.41. The van der Waals surface area contributed by atoms with Crippen LogP contribution in [0.2, 0.25) is 0 Å². The van der Waals surface area contributed by atoms with Gasteiger partial charge < -0.3 is 0 Å². The molecule has 74 valence electrons. The highest BCUT2D eigenvalue weighted by atomic mass is 15.1. The molecule has 0 fully saturated rings. The quantitative estimate of drug-likeness (QED) is 0.614. The van der Waals surface area contributed by atoms with Crippen molar-refractivity contribution in [3.05, 3.63) is 30.1 Å². The molecular weight excluding hydrogens is 172 g/mol. The van der Waals surface area contributed by atoms with Crippen molar-refractivity contribution in [3.63, 3.8) is 0 Å². The van der Waals surface area contributed by atoms with Crippen molar-refractivity contribution in [2.45, 2.75) is 33.2 Å². The van der Waals surface area contributed by atoms with Crippen LogP contribution >= 0.6 is 0 Å². The number of fused-ring (bicyclic) bond motifs is 1. The monoisotopic (exact) mass is 189 g/mol. The van der Waals surface area contributed by atoms with E-state index in [0.29, 0.717) is 0 Å². The van der Waals surface area contributed by atoms with Gasteiger partial charge in [-0.05, 0) is 32.9 Å². The van der Waals surface area contributed by atoms with Crippen LogP contribution in [-0.4, -0.2) is 4.98 Å². The average Bonchev–Trinajstić information content (AvgIpc) is 2.38. The number of aromatic nitrogens is 2. The molecule has 2 heteroatoms. The maximum atomic E-state index is 3.40. The molecule has 1 heterocycles. The van der Waals surface area contributed by atoms with E-state index < -0.39 is 0 Å². The Balaban J connectivity index is 2.81. The van der Waals surface area contributed by atoms with Gasteiger partial charge in [-0.3, -0.25) is 0 Å². The van der Waals surface area contributed by atoms with Gasteiger partial charge in [0.05, 0.1) is 0 Å². The van der Waals surface area contributed by atoms with Crippen LogP contribution in [-0.2, 0) is 5.54 Å². The SMILES string of the molecule is Cc1[nH]c2ccccc2[n+]1C(C)(C)C. The van der Waals surface area contributed by atoms with Crippen LogP contribution in [0.3, 0.4) is 0 Å². The maximum Gasteiger partial charge on any atom is 0.252 e. The molecule has 0 unspecified atom stereocenters. The number of hydrogen-bond donors (Lipinski definition) is 1. The van der Waals surface area contributed by atoms with E-state index in [0.717, 1.165) is 0 Å². The number of rotatable bonds is 0. The van der Waals surface area contributed by atoms with Crippen LogP contribution < -0.4 is 4.57 Å². The number of imidazole rings is 1. The van der Waals surface area contributed by atoms with Crippen LogP contribution in [0.1, 0.15) is 26.6 Å². The topological polar surface area (TPSA) is 19.7 Å². The number of nitrogens with zero attached hydrogens (tertiary/aromatic N) is 1. The predicted molar refractivity (Wildman–Crippen MR) is 58.2 cm³/mol. The highest BCUT2D eigenvalue weighted by Crippen LogP contribution is 2.14. The summed E-state index contributed by atoms with van der Waals surface area (Å²) in [4.78, 5) is 3.40. The molecule has 0 radical (unpaired) electrons. The number of hydrogen-bond acceptors (Lipinski definition) is 0. The lowest BCUT2D eigenvalue weighted by molar-refractivity contribution is -0.735. The summed E-state index contributed by atoms with van der Waals surface area (Å²) in [7, 11) is 0. The molecule has 2 nitrogen and oxygen atoms in total. The number of nitrogens with one attached hydrogen (secondary N) is 1. The number of aromatic amines is 1. The molecule has 0 atom stereocenters. The molecule has 0 amide bonds. The van der Waals surface area contributed by atoms with E-state index in [1.54, 1.807) is 0 Å². The Morgan fingerprint density at radius 3 is 2.43 bits per heavy atom. The molecule has 0 saturated carbocycles. The first-order valence-corrected chi connectivity index (χ1v) is 5.00. The largest absolute Gasteiger partial charge is 0.252 e. The van der Waals surface area contributed by atoms with Crippen molar-refractivity contribution >= 4 is 11.0 Å². The van der Waals surface area contributed by atoms with Crippen molar-refractivity contribution in [1.82, 2.24) is 4.98 Å². The van der Waals surface area contributed by atoms with Gasteiger partial charge in [0.1, 0.15) is 5.54 Å². The van der Waals surface area contributed by atoms with Crippen LogP contribution in [0, 0.1) is 6.92 Å². The van der Waals surface area contributed by atoms with Crippen LogP contribution in [0.5, 0.6) is 0 Å². The van der Waals surface area contributed by atoms with Gasteiger partial charge in [0, 0.05) is 6.92 Å². The number of benzene rings is 1. The van der Waals surface area contributed by atoms with E-state index >= 15 is 0 Å². The third-order valence-electron chi connectivity index (χ3n) is 2.47. The van der Waals surface area contributed by atoms with Crippen molar-refractivity contribution in [1.29, 1.82) is 0 Å². The zero-order valence-corrected chi connectivity index (χ0v) is 9.26. The molecule has 1 aromatic heterocycles. The number of aryl methyl sites for hydroxylation is 1. The van der Waals surface area contributed by atoms with Crippen molar-refractivity contribution in [2.75, 3.05) is 0 Å². The fraction of sp³-hybridized carbons (Fsp3) is 0.417. The lowest BCUT2D eigenvalue weighted by Gasteiger charge is -2.16. The van der Waals surface area contributed by atoms with E-state index in [1.165, 1.54) is 16.9 Å². The fourth-order valence-corrected chi connectivity index (χ4v) is 2.07. The first kappa shape index (κ1) is 9.25. The van der Waals surface area contributed by atoms with Gasteiger partial charge in [-0.1, -0.05) is 12.1 Å². The van der Waals surface area contributed by atoms with Gasteiger partial charge in [-0.15, -0.1) is 0 Å². The first-order chi connectivity index (χ1) is 6.50. The lowest BCUT2D eigenvalue weighted by atomic mass is 10.1. The van der Waals surface area contributed by atoms with E-state index in [1.807, 2.05) is 0 Å². The molecule has 0 aliphatic heterocycles. The molecule has 0 spiro atoms. The lowest BCUT2D eigenvalue weighted by Crippen LogP contribution is -2.51. The minimum Gasteiger partial charge on any atom is -0.241 e.